The van der Waals surface area contributed by atoms with E-state index in [9.17, 15) is 4.79 Å². The van der Waals surface area contributed by atoms with Crippen LogP contribution in [0.1, 0.15) is 19.3 Å². The maximum Gasteiger partial charge on any atom is 0.220 e. The van der Waals surface area contributed by atoms with Gasteiger partial charge in [-0.3, -0.25) is 4.79 Å². The molecule has 0 bridgehead atoms. The molecule has 3 nitrogen and oxygen atoms in total. The second-order valence-electron chi connectivity index (χ2n) is 3.66. The second-order valence-corrected chi connectivity index (χ2v) is 3.66. The van der Waals surface area contributed by atoms with Gasteiger partial charge >= 0.3 is 0 Å². The zero-order valence-corrected chi connectivity index (χ0v) is 11.5. The number of unbranched alkanes of at least 4 members (excludes halogenated alkanes) is 1. The number of halogens is 1. The number of pyridine rings is 1. The van der Waals surface area contributed by atoms with Crippen LogP contribution in [0, 0.1) is 0 Å². The minimum Gasteiger partial charge on any atom is -1.00 e. The fraction of sp³-hybridized carbons (Fsp3) is 0.385. The molecule has 4 heteroatoms. The van der Waals surface area contributed by atoms with Crippen molar-refractivity contribution < 1.29 is 26.3 Å². The van der Waals surface area contributed by atoms with Crippen LogP contribution in [0.5, 0.6) is 0 Å². The number of carbonyl (C=O) groups is 1. The number of hydrogen-bond acceptors (Lipinski definition) is 1. The highest BCUT2D eigenvalue weighted by molar-refractivity contribution is 5.75. The van der Waals surface area contributed by atoms with Gasteiger partial charge in [0.25, 0.3) is 0 Å². The van der Waals surface area contributed by atoms with Gasteiger partial charge in [-0.15, -0.1) is 6.58 Å². The molecule has 0 saturated carbocycles. The second kappa shape index (κ2) is 10.0. The number of carbonyl (C=O) groups excluding carboxylic acids is 1. The van der Waals surface area contributed by atoms with Crippen molar-refractivity contribution in [2.45, 2.75) is 25.8 Å². The summed E-state index contributed by atoms with van der Waals surface area (Å²) in [7, 11) is 0. The summed E-state index contributed by atoms with van der Waals surface area (Å²) in [6, 6.07) is 6.02. The molecular formula is C13H19BrN2O. The molecule has 1 N–H and O–H groups in total. The molecular weight excluding hydrogens is 280 g/mol. The summed E-state index contributed by atoms with van der Waals surface area (Å²) in [6.07, 6.45) is 8.32. The summed E-state index contributed by atoms with van der Waals surface area (Å²) in [5.74, 6) is 0.109. The Morgan fingerprint density at radius 3 is 2.59 bits per heavy atom. The van der Waals surface area contributed by atoms with Crippen LogP contribution in [0.3, 0.4) is 0 Å². The van der Waals surface area contributed by atoms with Crippen molar-refractivity contribution in [3.8, 4) is 0 Å². The Kier molecular flexibility index (Phi) is 9.34. The lowest BCUT2D eigenvalue weighted by atomic mass is 10.2. The molecule has 0 radical (unpaired) electrons. The van der Waals surface area contributed by atoms with Crippen LogP contribution in [0.4, 0.5) is 0 Å². The smallest absolute Gasteiger partial charge is 0.220 e. The fourth-order valence-corrected chi connectivity index (χ4v) is 1.44. The minimum atomic E-state index is 0. The van der Waals surface area contributed by atoms with Crippen LogP contribution < -0.4 is 26.9 Å². The van der Waals surface area contributed by atoms with Crippen LogP contribution >= 0.6 is 0 Å². The van der Waals surface area contributed by atoms with Crippen molar-refractivity contribution in [2.75, 3.05) is 6.54 Å². The predicted molar refractivity (Wildman–Crippen MR) is 63.7 cm³/mol. The first-order valence-electron chi connectivity index (χ1n) is 5.64. The summed E-state index contributed by atoms with van der Waals surface area (Å²) < 4.78 is 2.13. The SMILES string of the molecule is C=CCNC(=O)CCCC[n+]1ccccc1.[Br-]. The highest BCUT2D eigenvalue weighted by Gasteiger charge is 2.01. The summed E-state index contributed by atoms with van der Waals surface area (Å²) in [5.41, 5.74) is 0. The van der Waals surface area contributed by atoms with Crippen molar-refractivity contribution in [1.82, 2.24) is 5.32 Å². The molecule has 94 valence electrons. The molecule has 0 aromatic carbocycles. The lowest BCUT2D eigenvalue weighted by molar-refractivity contribution is -0.697. The van der Waals surface area contributed by atoms with Crippen molar-refractivity contribution >= 4 is 5.91 Å². The third kappa shape index (κ3) is 7.69. The molecule has 1 heterocycles. The average molecular weight is 299 g/mol. The Morgan fingerprint density at radius 1 is 1.24 bits per heavy atom. The molecule has 1 aromatic heterocycles. The molecule has 0 saturated heterocycles. The Hall–Kier alpha value is -1.16. The summed E-state index contributed by atoms with van der Waals surface area (Å²) in [5, 5.41) is 2.77. The number of nitrogens with zero attached hydrogens (tertiary/aromatic N) is 1. The van der Waals surface area contributed by atoms with Gasteiger partial charge in [0, 0.05) is 31.5 Å². The maximum absolute atomic E-state index is 11.2. The van der Waals surface area contributed by atoms with E-state index >= 15 is 0 Å². The van der Waals surface area contributed by atoms with Gasteiger partial charge in [-0.1, -0.05) is 12.1 Å². The van der Waals surface area contributed by atoms with Gasteiger partial charge in [0.15, 0.2) is 12.4 Å². The van der Waals surface area contributed by atoms with Gasteiger partial charge in [0.05, 0.1) is 0 Å². The molecule has 0 aliphatic heterocycles. The van der Waals surface area contributed by atoms with E-state index in [0.717, 1.165) is 19.4 Å². The largest absolute Gasteiger partial charge is 1.00 e. The van der Waals surface area contributed by atoms with Gasteiger partial charge in [-0.2, -0.15) is 0 Å². The maximum atomic E-state index is 11.2. The van der Waals surface area contributed by atoms with Crippen molar-refractivity contribution in [3.63, 3.8) is 0 Å². The fourth-order valence-electron chi connectivity index (χ4n) is 1.44. The Labute approximate surface area is 113 Å². The first-order chi connectivity index (χ1) is 7.83. The number of aromatic nitrogens is 1. The summed E-state index contributed by atoms with van der Waals surface area (Å²) >= 11 is 0. The molecule has 1 aromatic rings. The quantitative estimate of drug-likeness (QED) is 0.369. The molecule has 0 aliphatic carbocycles. The highest BCUT2D eigenvalue weighted by Crippen LogP contribution is 1.95. The number of aryl methyl sites for hydroxylation is 1. The van der Waals surface area contributed by atoms with E-state index in [-0.39, 0.29) is 22.9 Å². The van der Waals surface area contributed by atoms with Crippen LogP contribution in [-0.2, 0) is 11.3 Å². The van der Waals surface area contributed by atoms with Crippen molar-refractivity contribution in [1.29, 1.82) is 0 Å². The molecule has 1 rings (SSSR count). The molecule has 0 atom stereocenters. The third-order valence-corrected chi connectivity index (χ3v) is 2.29. The zero-order chi connectivity index (χ0) is 11.6. The normalized spacial score (nSPS) is 9.18. The number of rotatable bonds is 7. The van der Waals surface area contributed by atoms with Crippen molar-refractivity contribution in [2.24, 2.45) is 0 Å². The van der Waals surface area contributed by atoms with E-state index in [0.29, 0.717) is 13.0 Å². The van der Waals surface area contributed by atoms with E-state index in [4.69, 9.17) is 0 Å². The van der Waals surface area contributed by atoms with Gasteiger partial charge < -0.3 is 22.3 Å². The van der Waals surface area contributed by atoms with E-state index in [1.807, 2.05) is 30.6 Å². The lowest BCUT2D eigenvalue weighted by Crippen LogP contribution is -3.00. The van der Waals surface area contributed by atoms with Crippen LogP contribution in [-0.4, -0.2) is 12.5 Å². The Bertz CT molecular complexity index is 327. The molecule has 17 heavy (non-hydrogen) atoms. The Morgan fingerprint density at radius 2 is 1.94 bits per heavy atom. The van der Waals surface area contributed by atoms with E-state index in [1.165, 1.54) is 0 Å². The van der Waals surface area contributed by atoms with E-state index in [2.05, 4.69) is 16.5 Å². The van der Waals surface area contributed by atoms with Crippen LogP contribution in [0.2, 0.25) is 0 Å². The number of nitrogens with one attached hydrogen (secondary N) is 1. The molecule has 0 spiro atoms. The number of amides is 1. The van der Waals surface area contributed by atoms with Gasteiger partial charge in [-0.05, 0) is 6.42 Å². The Balaban J connectivity index is 0.00000256. The van der Waals surface area contributed by atoms with Gasteiger partial charge in [-0.25, -0.2) is 4.57 Å². The zero-order valence-electron chi connectivity index (χ0n) is 9.94. The van der Waals surface area contributed by atoms with E-state index in [1.54, 1.807) is 6.08 Å². The molecule has 0 fully saturated rings. The predicted octanol–water partition coefficient (Wildman–Crippen LogP) is -1.55. The molecule has 0 aliphatic rings. The first-order valence-corrected chi connectivity index (χ1v) is 5.64. The van der Waals surface area contributed by atoms with E-state index < -0.39 is 0 Å². The monoisotopic (exact) mass is 298 g/mol. The van der Waals surface area contributed by atoms with Crippen molar-refractivity contribution in [3.05, 3.63) is 43.2 Å². The van der Waals surface area contributed by atoms with Crippen LogP contribution in [0.25, 0.3) is 0 Å². The average Bonchev–Trinajstić information content (AvgIpc) is 2.33. The first kappa shape index (κ1) is 15.8. The molecule has 1 amide bonds. The lowest BCUT2D eigenvalue weighted by Gasteiger charge is -2.00. The third-order valence-electron chi connectivity index (χ3n) is 2.29. The number of hydrogen-bond donors (Lipinski definition) is 1. The topological polar surface area (TPSA) is 33.0 Å². The highest BCUT2D eigenvalue weighted by atomic mass is 79.9. The molecule has 0 unspecified atom stereocenters. The standard InChI is InChI=1S/C13H18N2O.BrH/c1-2-9-14-13(16)8-4-7-12-15-10-5-3-6-11-15;/h2-3,5-6,10-11H,1,4,7-9,12H2;1H. The summed E-state index contributed by atoms with van der Waals surface area (Å²) in [6.45, 7) is 5.08. The van der Waals surface area contributed by atoms with Gasteiger partial charge in [0.2, 0.25) is 5.91 Å². The minimum absolute atomic E-state index is 0. The summed E-state index contributed by atoms with van der Waals surface area (Å²) in [4.78, 5) is 11.2. The van der Waals surface area contributed by atoms with Gasteiger partial charge in [0.1, 0.15) is 6.54 Å². The van der Waals surface area contributed by atoms with Crippen LogP contribution in [0.15, 0.2) is 43.2 Å².